The molecule has 1 unspecified atom stereocenters. The van der Waals surface area contributed by atoms with E-state index in [-0.39, 0.29) is 12.6 Å². The van der Waals surface area contributed by atoms with Gasteiger partial charge in [0.25, 0.3) is 0 Å². The number of alkyl halides is 3. The van der Waals surface area contributed by atoms with Crippen molar-refractivity contribution in [1.29, 1.82) is 0 Å². The van der Waals surface area contributed by atoms with Crippen LogP contribution in [0.15, 0.2) is 0 Å². The first-order valence-electron chi connectivity index (χ1n) is 5.85. The molecule has 96 valence electrons. The van der Waals surface area contributed by atoms with Crippen LogP contribution in [0.4, 0.5) is 13.2 Å². The fraction of sp³-hybridized carbons (Fsp3) is 1.00. The lowest BCUT2D eigenvalue weighted by Gasteiger charge is -2.25. The maximum atomic E-state index is 11.9. The molecule has 0 radical (unpaired) electrons. The molecule has 1 heterocycles. The Morgan fingerprint density at radius 3 is 2.50 bits per heavy atom. The van der Waals surface area contributed by atoms with E-state index in [0.717, 1.165) is 32.5 Å². The number of hydrogen-bond acceptors (Lipinski definition) is 2. The predicted molar refractivity (Wildman–Crippen MR) is 56.3 cm³/mol. The summed E-state index contributed by atoms with van der Waals surface area (Å²) < 4.78 is 41.0. The van der Waals surface area contributed by atoms with Crippen molar-refractivity contribution in [3.8, 4) is 0 Å². The van der Waals surface area contributed by atoms with E-state index in [9.17, 15) is 13.2 Å². The van der Waals surface area contributed by atoms with Gasteiger partial charge in [0, 0.05) is 25.8 Å². The largest absolute Gasteiger partial charge is 0.390 e. The molecule has 1 rings (SSSR count). The van der Waals surface area contributed by atoms with E-state index < -0.39 is 12.6 Å². The monoisotopic (exact) mass is 239 g/mol. The van der Waals surface area contributed by atoms with Crippen molar-refractivity contribution in [3.63, 3.8) is 0 Å². The minimum Gasteiger partial charge on any atom is -0.381 e. The van der Waals surface area contributed by atoms with E-state index in [1.165, 1.54) is 0 Å². The van der Waals surface area contributed by atoms with Gasteiger partial charge in [0.1, 0.15) is 0 Å². The molecule has 0 spiro atoms. The Labute approximate surface area is 94.5 Å². The molecule has 0 aromatic rings. The smallest absolute Gasteiger partial charge is 0.381 e. The molecule has 16 heavy (non-hydrogen) atoms. The minimum atomic E-state index is -4.05. The topological polar surface area (TPSA) is 21.3 Å². The molecule has 5 heteroatoms. The third kappa shape index (κ3) is 6.33. The van der Waals surface area contributed by atoms with Gasteiger partial charge in [0.05, 0.1) is 6.42 Å². The molecule has 2 nitrogen and oxygen atoms in total. The maximum Gasteiger partial charge on any atom is 0.390 e. The number of ether oxygens (including phenoxy) is 1. The first-order chi connectivity index (χ1) is 7.47. The molecule has 1 aliphatic heterocycles. The molecular weight excluding hydrogens is 219 g/mol. The highest BCUT2D eigenvalue weighted by Gasteiger charge is 2.26. The normalized spacial score (nSPS) is 21.0. The number of nitrogens with one attached hydrogen (secondary N) is 1. The highest BCUT2D eigenvalue weighted by molar-refractivity contribution is 4.71. The van der Waals surface area contributed by atoms with E-state index in [4.69, 9.17) is 4.74 Å². The first-order valence-corrected chi connectivity index (χ1v) is 5.85. The summed E-state index contributed by atoms with van der Waals surface area (Å²) in [5, 5.41) is 2.93. The molecule has 1 fully saturated rings. The van der Waals surface area contributed by atoms with E-state index in [2.05, 4.69) is 5.32 Å². The average Bonchev–Trinajstić information content (AvgIpc) is 2.17. The number of halogens is 3. The quantitative estimate of drug-likeness (QED) is 0.796. The standard InChI is InChI=1S/C11H20F3NO/c1-9(15-5-4-11(12,13)14)8-10-2-6-16-7-3-10/h9-10,15H,2-8H2,1H3. The molecule has 1 atom stereocenters. The molecule has 1 N–H and O–H groups in total. The molecule has 1 aliphatic rings. The summed E-state index contributed by atoms with van der Waals surface area (Å²) in [4.78, 5) is 0. The molecule has 0 aliphatic carbocycles. The minimum absolute atomic E-state index is 0.0217. The molecular formula is C11H20F3NO. The van der Waals surface area contributed by atoms with Crippen LogP contribution in [-0.2, 0) is 4.74 Å². The highest BCUT2D eigenvalue weighted by Crippen LogP contribution is 2.21. The molecule has 0 saturated carbocycles. The summed E-state index contributed by atoms with van der Waals surface area (Å²) in [7, 11) is 0. The van der Waals surface area contributed by atoms with Crippen LogP contribution in [0.1, 0.15) is 32.6 Å². The molecule has 1 saturated heterocycles. The Hall–Kier alpha value is -0.290. The van der Waals surface area contributed by atoms with Crippen LogP contribution in [0.5, 0.6) is 0 Å². The van der Waals surface area contributed by atoms with Gasteiger partial charge in [-0.25, -0.2) is 0 Å². The molecule has 0 amide bonds. The van der Waals surface area contributed by atoms with Gasteiger partial charge >= 0.3 is 6.18 Å². The highest BCUT2D eigenvalue weighted by atomic mass is 19.4. The fourth-order valence-corrected chi connectivity index (χ4v) is 2.03. The summed E-state index contributed by atoms with van der Waals surface area (Å²) in [6, 6.07) is 0.158. The summed E-state index contributed by atoms with van der Waals surface area (Å²) in [5.74, 6) is 0.599. The Balaban J connectivity index is 2.08. The molecule has 0 bridgehead atoms. The van der Waals surface area contributed by atoms with E-state index in [1.807, 2.05) is 6.92 Å². The van der Waals surface area contributed by atoms with Gasteiger partial charge < -0.3 is 10.1 Å². The Kier molecular flexibility index (Phi) is 5.55. The predicted octanol–water partition coefficient (Wildman–Crippen LogP) is 2.73. The van der Waals surface area contributed by atoms with E-state index in [1.54, 1.807) is 0 Å². The van der Waals surface area contributed by atoms with Crippen molar-refractivity contribution in [2.24, 2.45) is 5.92 Å². The third-order valence-electron chi connectivity index (χ3n) is 2.93. The van der Waals surface area contributed by atoms with Crippen LogP contribution in [0.25, 0.3) is 0 Å². The van der Waals surface area contributed by atoms with Gasteiger partial charge in [0.15, 0.2) is 0 Å². The lowest BCUT2D eigenvalue weighted by molar-refractivity contribution is -0.133. The SMILES string of the molecule is CC(CC1CCOCC1)NCCC(F)(F)F. The zero-order valence-electron chi connectivity index (χ0n) is 9.65. The first kappa shape index (κ1) is 13.8. The van der Waals surface area contributed by atoms with E-state index >= 15 is 0 Å². The Bertz CT molecular complexity index is 190. The summed E-state index contributed by atoms with van der Waals surface area (Å²) in [5.41, 5.74) is 0. The van der Waals surface area contributed by atoms with Crippen LogP contribution in [0.2, 0.25) is 0 Å². The van der Waals surface area contributed by atoms with Crippen molar-refractivity contribution >= 4 is 0 Å². The van der Waals surface area contributed by atoms with Crippen molar-refractivity contribution in [3.05, 3.63) is 0 Å². The Morgan fingerprint density at radius 2 is 1.94 bits per heavy atom. The number of rotatable bonds is 5. The van der Waals surface area contributed by atoms with Crippen LogP contribution >= 0.6 is 0 Å². The van der Waals surface area contributed by atoms with E-state index in [0.29, 0.717) is 5.92 Å². The van der Waals surface area contributed by atoms with Gasteiger partial charge in [-0.3, -0.25) is 0 Å². The summed E-state index contributed by atoms with van der Waals surface area (Å²) in [6.07, 6.45) is -1.78. The van der Waals surface area contributed by atoms with Crippen LogP contribution in [-0.4, -0.2) is 32.0 Å². The average molecular weight is 239 g/mol. The molecule has 0 aromatic carbocycles. The van der Waals surface area contributed by atoms with Gasteiger partial charge in [0.2, 0.25) is 0 Å². The zero-order valence-corrected chi connectivity index (χ0v) is 9.65. The maximum absolute atomic E-state index is 11.9. The number of hydrogen-bond donors (Lipinski definition) is 1. The second kappa shape index (κ2) is 6.45. The summed E-state index contributed by atoms with van der Waals surface area (Å²) >= 11 is 0. The second-order valence-corrected chi connectivity index (χ2v) is 4.51. The summed E-state index contributed by atoms with van der Waals surface area (Å²) in [6.45, 7) is 3.56. The van der Waals surface area contributed by atoms with Gasteiger partial charge in [-0.05, 0) is 32.1 Å². The van der Waals surface area contributed by atoms with Crippen molar-refractivity contribution in [2.75, 3.05) is 19.8 Å². The van der Waals surface area contributed by atoms with Crippen LogP contribution in [0.3, 0.4) is 0 Å². The Morgan fingerprint density at radius 1 is 1.31 bits per heavy atom. The van der Waals surface area contributed by atoms with Crippen molar-refractivity contribution < 1.29 is 17.9 Å². The van der Waals surface area contributed by atoms with Crippen LogP contribution in [0, 0.1) is 5.92 Å². The van der Waals surface area contributed by atoms with Gasteiger partial charge in [-0.2, -0.15) is 13.2 Å². The van der Waals surface area contributed by atoms with Crippen molar-refractivity contribution in [2.45, 2.75) is 44.8 Å². The second-order valence-electron chi connectivity index (χ2n) is 4.51. The lowest BCUT2D eigenvalue weighted by Crippen LogP contribution is -2.32. The third-order valence-corrected chi connectivity index (χ3v) is 2.93. The lowest BCUT2D eigenvalue weighted by atomic mass is 9.93. The molecule has 0 aromatic heterocycles. The zero-order chi connectivity index (χ0) is 12.0. The van der Waals surface area contributed by atoms with Crippen LogP contribution < -0.4 is 5.32 Å². The fourth-order valence-electron chi connectivity index (χ4n) is 2.03. The van der Waals surface area contributed by atoms with Gasteiger partial charge in [-0.1, -0.05) is 0 Å². The van der Waals surface area contributed by atoms with Crippen molar-refractivity contribution in [1.82, 2.24) is 5.32 Å². The van der Waals surface area contributed by atoms with Gasteiger partial charge in [-0.15, -0.1) is 0 Å².